The van der Waals surface area contributed by atoms with Gasteiger partial charge in [0, 0.05) is 59.4 Å². The molecule has 0 bridgehead atoms. The first-order valence-corrected chi connectivity index (χ1v) is 20.8. The highest BCUT2D eigenvalue weighted by Crippen LogP contribution is 2.43. The van der Waals surface area contributed by atoms with E-state index in [1.807, 2.05) is 106 Å². The lowest BCUT2D eigenvalue weighted by molar-refractivity contribution is -0.119. The second kappa shape index (κ2) is 17.9. The van der Waals surface area contributed by atoms with Crippen LogP contribution in [0, 0.1) is 0 Å². The lowest BCUT2D eigenvalue weighted by Crippen LogP contribution is -2.40. The highest BCUT2D eigenvalue weighted by molar-refractivity contribution is 6.02. The van der Waals surface area contributed by atoms with Crippen molar-refractivity contribution in [3.63, 3.8) is 0 Å². The van der Waals surface area contributed by atoms with Gasteiger partial charge in [-0.25, -0.2) is 9.36 Å². The van der Waals surface area contributed by atoms with E-state index < -0.39 is 0 Å². The summed E-state index contributed by atoms with van der Waals surface area (Å²) in [5.74, 6) is 0.144. The quantitative estimate of drug-likeness (QED) is 0.149. The molecule has 12 heteroatoms. The Labute approximate surface area is 347 Å². The van der Waals surface area contributed by atoms with Crippen LogP contribution in [0.15, 0.2) is 97.1 Å². The molecular formula is C47H56N10O2. The first kappa shape index (κ1) is 41.2. The number of hydrogen-bond donors (Lipinski definition) is 2. The molecule has 0 saturated heterocycles. The minimum atomic E-state index is 0.0423. The number of amides is 2. The number of anilines is 2. The fraction of sp³-hybridized carbons (Fsp3) is 0.362. The van der Waals surface area contributed by atoms with Gasteiger partial charge in [0.05, 0.1) is 42.4 Å². The predicted octanol–water partition coefficient (Wildman–Crippen LogP) is 8.47. The van der Waals surface area contributed by atoms with E-state index >= 15 is 0 Å². The number of benzene rings is 4. The van der Waals surface area contributed by atoms with Gasteiger partial charge in [-0.15, -0.1) is 10.2 Å². The third-order valence-corrected chi connectivity index (χ3v) is 10.6. The number of fused-ring (bicyclic) bond motifs is 10. The lowest BCUT2D eigenvalue weighted by atomic mass is 9.95. The maximum atomic E-state index is 13.3. The van der Waals surface area contributed by atoms with Crippen LogP contribution in [-0.2, 0) is 22.7 Å². The molecule has 0 atom stereocenters. The SMILES string of the molecule is CC(C)NCC(=O)N1Cc2ccccc2-c2c(nnn2C(C)C)-c2ccccc21.CC(C)NCCC(=O)N1Cc2ccccc2-c2c(nnn2C(C)C)-c2ccccc21. The fourth-order valence-electron chi connectivity index (χ4n) is 7.72. The first-order chi connectivity index (χ1) is 28.4. The zero-order valence-electron chi connectivity index (χ0n) is 35.5. The van der Waals surface area contributed by atoms with E-state index in [9.17, 15) is 9.59 Å². The Morgan fingerprint density at radius 1 is 0.542 bits per heavy atom. The summed E-state index contributed by atoms with van der Waals surface area (Å²) in [6, 6.07) is 33.4. The summed E-state index contributed by atoms with van der Waals surface area (Å²) in [6.07, 6.45) is 0.445. The molecule has 6 aromatic rings. The van der Waals surface area contributed by atoms with E-state index in [0.717, 1.165) is 67.5 Å². The Hall–Kier alpha value is -5.98. The van der Waals surface area contributed by atoms with E-state index in [-0.39, 0.29) is 29.9 Å². The molecule has 0 aliphatic carbocycles. The van der Waals surface area contributed by atoms with Crippen LogP contribution in [0.5, 0.6) is 0 Å². The normalized spacial score (nSPS) is 12.9. The van der Waals surface area contributed by atoms with Crippen LogP contribution in [0.3, 0.4) is 0 Å². The number of para-hydroxylation sites is 2. The molecule has 59 heavy (non-hydrogen) atoms. The molecule has 0 saturated carbocycles. The Kier molecular flexibility index (Phi) is 12.5. The van der Waals surface area contributed by atoms with Crippen LogP contribution in [0.2, 0.25) is 0 Å². The van der Waals surface area contributed by atoms with Gasteiger partial charge >= 0.3 is 0 Å². The fourth-order valence-corrected chi connectivity index (χ4v) is 7.72. The molecule has 306 valence electrons. The Balaban J connectivity index is 0.000000179. The van der Waals surface area contributed by atoms with Gasteiger partial charge in [-0.2, -0.15) is 0 Å². The van der Waals surface area contributed by atoms with Crippen molar-refractivity contribution >= 4 is 23.2 Å². The maximum Gasteiger partial charge on any atom is 0.241 e. The van der Waals surface area contributed by atoms with Gasteiger partial charge in [0.2, 0.25) is 11.8 Å². The first-order valence-electron chi connectivity index (χ1n) is 20.8. The van der Waals surface area contributed by atoms with E-state index in [4.69, 9.17) is 0 Å². The molecule has 2 aliphatic rings. The molecule has 12 nitrogen and oxygen atoms in total. The summed E-state index contributed by atoms with van der Waals surface area (Å²) in [7, 11) is 0. The average Bonchev–Trinajstić information content (AvgIpc) is 3.86. The largest absolute Gasteiger partial charge is 0.314 e. The molecule has 0 spiro atoms. The van der Waals surface area contributed by atoms with Crippen molar-refractivity contribution in [2.24, 2.45) is 0 Å². The molecule has 0 fully saturated rings. The molecule has 4 aromatic carbocycles. The second-order valence-corrected chi connectivity index (χ2v) is 16.4. The van der Waals surface area contributed by atoms with Gasteiger partial charge in [0.25, 0.3) is 0 Å². The van der Waals surface area contributed by atoms with Crippen LogP contribution >= 0.6 is 0 Å². The molecule has 2 aliphatic heterocycles. The summed E-state index contributed by atoms with van der Waals surface area (Å²) >= 11 is 0. The molecule has 2 aromatic heterocycles. The number of carbonyl (C=O) groups is 2. The minimum absolute atomic E-state index is 0.0423. The highest BCUT2D eigenvalue weighted by Gasteiger charge is 2.31. The molecule has 2 amide bonds. The van der Waals surface area contributed by atoms with E-state index in [2.05, 4.69) is 97.1 Å². The zero-order valence-corrected chi connectivity index (χ0v) is 35.5. The van der Waals surface area contributed by atoms with Crippen LogP contribution in [0.25, 0.3) is 45.0 Å². The smallest absolute Gasteiger partial charge is 0.241 e. The van der Waals surface area contributed by atoms with Gasteiger partial charge in [-0.05, 0) is 51.0 Å². The lowest BCUT2D eigenvalue weighted by Gasteiger charge is -2.29. The number of aromatic nitrogens is 6. The average molecular weight is 793 g/mol. The predicted molar refractivity (Wildman–Crippen MR) is 236 cm³/mol. The topological polar surface area (TPSA) is 126 Å². The standard InChI is InChI=1S/C24H29N5O.C23H27N5O/c1-16(2)25-14-13-22(30)28-15-18-9-5-6-10-19(18)24-23(26-27-29(24)17(3)4)20-11-7-8-12-21(20)28;1-15(2)24-13-21(29)27-14-17-9-5-6-10-18(17)23-22(25-26-28(23)16(3)4)19-11-7-8-12-20(19)27/h5-12,16-17,25H,13-15H2,1-4H3;5-12,15-16,24H,13-14H2,1-4H3. The molecule has 0 radical (unpaired) electrons. The Morgan fingerprint density at radius 2 is 0.949 bits per heavy atom. The van der Waals surface area contributed by atoms with E-state index in [1.165, 1.54) is 0 Å². The number of nitrogens with zero attached hydrogens (tertiary/aromatic N) is 8. The third-order valence-electron chi connectivity index (χ3n) is 10.6. The minimum Gasteiger partial charge on any atom is -0.314 e. The van der Waals surface area contributed by atoms with Crippen molar-refractivity contribution in [1.29, 1.82) is 0 Å². The summed E-state index contributed by atoms with van der Waals surface area (Å²) in [6.45, 7) is 18.7. The van der Waals surface area contributed by atoms with Crippen molar-refractivity contribution in [2.75, 3.05) is 22.9 Å². The molecule has 4 heterocycles. The third kappa shape index (κ3) is 8.60. The summed E-state index contributed by atoms with van der Waals surface area (Å²) in [5, 5.41) is 24.6. The number of carbonyl (C=O) groups excluding carboxylic acids is 2. The zero-order chi connectivity index (χ0) is 41.8. The van der Waals surface area contributed by atoms with Crippen molar-refractivity contribution in [3.05, 3.63) is 108 Å². The van der Waals surface area contributed by atoms with Crippen molar-refractivity contribution in [3.8, 4) is 45.0 Å². The van der Waals surface area contributed by atoms with Crippen LogP contribution in [0.4, 0.5) is 11.4 Å². The highest BCUT2D eigenvalue weighted by atomic mass is 16.2. The van der Waals surface area contributed by atoms with Gasteiger partial charge in [-0.3, -0.25) is 9.59 Å². The number of rotatable bonds is 9. The van der Waals surface area contributed by atoms with Crippen LogP contribution in [0.1, 0.15) is 85.0 Å². The number of nitrogens with one attached hydrogen (secondary N) is 2. The molecule has 8 rings (SSSR count). The summed E-state index contributed by atoms with van der Waals surface area (Å²) < 4.78 is 3.96. The number of hydrogen-bond acceptors (Lipinski definition) is 8. The second-order valence-electron chi connectivity index (χ2n) is 16.4. The Morgan fingerprint density at radius 3 is 1.39 bits per heavy atom. The van der Waals surface area contributed by atoms with Crippen molar-refractivity contribution in [2.45, 2.75) is 99.1 Å². The summed E-state index contributed by atoms with van der Waals surface area (Å²) in [4.78, 5) is 30.2. The summed E-state index contributed by atoms with van der Waals surface area (Å²) in [5.41, 5.74) is 11.6. The van der Waals surface area contributed by atoms with Crippen LogP contribution < -0.4 is 20.4 Å². The molecule has 0 unspecified atom stereocenters. The van der Waals surface area contributed by atoms with Gasteiger partial charge in [0.1, 0.15) is 11.4 Å². The van der Waals surface area contributed by atoms with Gasteiger partial charge in [0.15, 0.2) is 0 Å². The van der Waals surface area contributed by atoms with Crippen molar-refractivity contribution in [1.82, 2.24) is 40.6 Å². The molecule has 2 N–H and O–H groups in total. The Bertz CT molecular complexity index is 2430. The maximum absolute atomic E-state index is 13.3. The van der Waals surface area contributed by atoms with E-state index in [1.54, 1.807) is 0 Å². The van der Waals surface area contributed by atoms with E-state index in [0.29, 0.717) is 38.6 Å². The van der Waals surface area contributed by atoms with Gasteiger partial charge < -0.3 is 20.4 Å². The van der Waals surface area contributed by atoms with Gasteiger partial charge in [-0.1, -0.05) is 123 Å². The molecular weight excluding hydrogens is 737 g/mol. The monoisotopic (exact) mass is 792 g/mol. The van der Waals surface area contributed by atoms with Crippen molar-refractivity contribution < 1.29 is 9.59 Å². The van der Waals surface area contributed by atoms with Crippen LogP contribution in [-0.4, -0.2) is 67.0 Å².